The fraction of sp³-hybridized carbons (Fsp3) is 0.216. The number of anilines is 2. The highest BCUT2D eigenvalue weighted by Crippen LogP contribution is 2.41. The van der Waals surface area contributed by atoms with E-state index in [-0.39, 0.29) is 25.0 Å². The predicted molar refractivity (Wildman–Crippen MR) is 190 cm³/mol. The van der Waals surface area contributed by atoms with Crippen molar-refractivity contribution in [3.05, 3.63) is 103 Å². The summed E-state index contributed by atoms with van der Waals surface area (Å²) < 4.78 is 40.9. The van der Waals surface area contributed by atoms with E-state index in [0.717, 1.165) is 5.56 Å². The largest absolute Gasteiger partial charge is 0.496 e. The Morgan fingerprint density at radius 2 is 1.69 bits per heavy atom. The number of likely N-dealkylation sites (tertiary alicyclic amines) is 1. The fourth-order valence-corrected chi connectivity index (χ4v) is 6.46. The first kappa shape index (κ1) is 34.0. The highest BCUT2D eigenvalue weighted by Gasteiger charge is 2.32. The van der Waals surface area contributed by atoms with Crippen molar-refractivity contribution in [1.29, 1.82) is 0 Å². The number of amides is 2. The number of alkyl halides is 2. The highest BCUT2D eigenvalue weighted by atomic mass is 19.3. The van der Waals surface area contributed by atoms with E-state index in [9.17, 15) is 23.5 Å². The molecule has 0 unspecified atom stereocenters. The maximum Gasteiger partial charge on any atom is 0.407 e. The van der Waals surface area contributed by atoms with Crippen LogP contribution in [0.15, 0.2) is 91.4 Å². The first-order valence-electron chi connectivity index (χ1n) is 16.4. The number of methoxy groups -OCH3 is 2. The van der Waals surface area contributed by atoms with Gasteiger partial charge in [0.2, 0.25) is 0 Å². The summed E-state index contributed by atoms with van der Waals surface area (Å²) in [5, 5.41) is 25.6. The van der Waals surface area contributed by atoms with E-state index in [1.165, 1.54) is 17.3 Å². The molecule has 1 aliphatic heterocycles. The number of para-hydroxylation sites is 1. The molecule has 1 saturated heterocycles. The number of benzene rings is 3. The Balaban J connectivity index is 1.38. The lowest BCUT2D eigenvalue weighted by atomic mass is 10.0. The minimum absolute atomic E-state index is 0.170. The average molecular weight is 709 g/mol. The summed E-state index contributed by atoms with van der Waals surface area (Å²) >= 11 is 0. The van der Waals surface area contributed by atoms with Crippen molar-refractivity contribution in [3.63, 3.8) is 0 Å². The first-order chi connectivity index (χ1) is 25.2. The molecule has 0 saturated carbocycles. The molecule has 1 atom stereocenters. The number of nitrogens with zero attached hydrogens (tertiary/aromatic N) is 6. The number of carbonyl (C=O) groups excluding carboxylic acids is 1. The second-order valence-electron chi connectivity index (χ2n) is 12.1. The molecule has 2 amide bonds. The van der Waals surface area contributed by atoms with Gasteiger partial charge in [0.25, 0.3) is 5.91 Å². The maximum atomic E-state index is 13.7. The second kappa shape index (κ2) is 14.4. The first-order valence-corrected chi connectivity index (χ1v) is 16.4. The van der Waals surface area contributed by atoms with E-state index in [2.05, 4.69) is 15.7 Å². The molecule has 52 heavy (non-hydrogen) atoms. The third-order valence-electron chi connectivity index (χ3n) is 9.03. The van der Waals surface area contributed by atoms with Gasteiger partial charge in [-0.15, -0.1) is 0 Å². The zero-order valence-electron chi connectivity index (χ0n) is 28.2. The van der Waals surface area contributed by atoms with Gasteiger partial charge in [0.1, 0.15) is 23.0 Å². The lowest BCUT2D eigenvalue weighted by molar-refractivity contribution is 0.0566. The smallest absolute Gasteiger partial charge is 0.407 e. The number of pyridine rings is 1. The zero-order valence-corrected chi connectivity index (χ0v) is 28.2. The van der Waals surface area contributed by atoms with Crippen LogP contribution in [-0.4, -0.2) is 73.9 Å². The minimum atomic E-state index is -2.86. The summed E-state index contributed by atoms with van der Waals surface area (Å²) in [6.07, 6.45) is 3.57. The molecule has 0 bridgehead atoms. The summed E-state index contributed by atoms with van der Waals surface area (Å²) in [5.74, 6) is 1.33. The van der Waals surface area contributed by atoms with Gasteiger partial charge in [0, 0.05) is 60.0 Å². The second-order valence-corrected chi connectivity index (χ2v) is 12.1. The van der Waals surface area contributed by atoms with Crippen LogP contribution >= 0.6 is 0 Å². The van der Waals surface area contributed by atoms with E-state index >= 15 is 0 Å². The van der Waals surface area contributed by atoms with Crippen molar-refractivity contribution in [2.45, 2.75) is 25.6 Å². The molecule has 4 heterocycles. The molecule has 266 valence electrons. The molecule has 1 aliphatic rings. The number of hydrogen-bond donors (Lipinski definition) is 3. The number of carboxylic acid groups (broad SMARTS) is 1. The molecule has 13 nitrogen and oxygen atoms in total. The number of aromatic nitrogens is 5. The van der Waals surface area contributed by atoms with Gasteiger partial charge in [0.05, 0.1) is 42.9 Å². The quantitative estimate of drug-likeness (QED) is 0.127. The standard InChI is InChI=1S/C37H34F2N8O5/c1-51-29-9-6-10-30(52-2)28(29)19-41-34-31-32(22-11-13-23(14-12-22)35(48)43-25-7-4-3-5-8-25)44-47(26-15-16-45(21-26)37(49)50)33(31)27(18-40-34)24-17-42-46(20-24)36(38)39/h3-14,17-18,20,26,36H,15-16,19,21H2,1-2H3,(H,40,41)(H,43,48)(H,49,50)/t26-/m0/s1. The highest BCUT2D eigenvalue weighted by molar-refractivity contribution is 6.08. The number of ether oxygens (including phenoxy) is 2. The SMILES string of the molecule is COc1cccc(OC)c1CNc1ncc(-c2cnn(C(F)F)c2)c2c1c(-c1ccc(C(=O)Nc3ccccc3)cc1)nn2[C@H]1CCN(C(=O)O)C1. The summed E-state index contributed by atoms with van der Waals surface area (Å²) in [5.41, 5.74) is 4.36. The lowest BCUT2D eigenvalue weighted by Crippen LogP contribution is -2.27. The van der Waals surface area contributed by atoms with Crippen molar-refractivity contribution in [2.24, 2.45) is 0 Å². The van der Waals surface area contributed by atoms with Crippen molar-refractivity contribution in [2.75, 3.05) is 37.9 Å². The number of rotatable bonds is 11. The molecule has 0 aliphatic carbocycles. The summed E-state index contributed by atoms with van der Waals surface area (Å²) in [7, 11) is 3.13. The molecule has 15 heteroatoms. The van der Waals surface area contributed by atoms with Crippen molar-refractivity contribution in [3.8, 4) is 33.9 Å². The molecule has 3 aromatic carbocycles. The Hall–Kier alpha value is -6.51. The van der Waals surface area contributed by atoms with Gasteiger partial charge < -0.3 is 30.1 Å². The number of hydrogen-bond acceptors (Lipinski definition) is 8. The minimum Gasteiger partial charge on any atom is -0.496 e. The molecular formula is C37H34F2N8O5. The van der Waals surface area contributed by atoms with Gasteiger partial charge in [-0.25, -0.2) is 14.5 Å². The van der Waals surface area contributed by atoms with Crippen molar-refractivity contribution >= 4 is 34.4 Å². The van der Waals surface area contributed by atoms with Gasteiger partial charge in [-0.2, -0.15) is 19.0 Å². The number of fused-ring (bicyclic) bond motifs is 1. The van der Waals surface area contributed by atoms with Crippen LogP contribution in [0.2, 0.25) is 0 Å². The van der Waals surface area contributed by atoms with E-state index in [4.69, 9.17) is 19.6 Å². The van der Waals surface area contributed by atoms with E-state index < -0.39 is 12.6 Å². The van der Waals surface area contributed by atoms with Gasteiger partial charge >= 0.3 is 12.6 Å². The van der Waals surface area contributed by atoms with Crippen LogP contribution in [0, 0.1) is 0 Å². The van der Waals surface area contributed by atoms with Crippen LogP contribution in [-0.2, 0) is 6.54 Å². The van der Waals surface area contributed by atoms with Gasteiger partial charge in [-0.1, -0.05) is 36.4 Å². The molecule has 0 spiro atoms. The predicted octanol–water partition coefficient (Wildman–Crippen LogP) is 7.16. The van der Waals surface area contributed by atoms with Gasteiger partial charge in [0.15, 0.2) is 0 Å². The molecule has 1 fully saturated rings. The molecule has 6 aromatic rings. The van der Waals surface area contributed by atoms with Crippen LogP contribution in [0.5, 0.6) is 11.5 Å². The third kappa shape index (κ3) is 6.55. The van der Waals surface area contributed by atoms with Crippen molar-refractivity contribution in [1.82, 2.24) is 29.4 Å². The third-order valence-corrected chi connectivity index (χ3v) is 9.03. The number of halogens is 2. The van der Waals surface area contributed by atoms with Gasteiger partial charge in [-0.3, -0.25) is 9.48 Å². The Morgan fingerprint density at radius 3 is 2.33 bits per heavy atom. The normalized spacial score (nSPS) is 14.2. The van der Waals surface area contributed by atoms with Crippen LogP contribution < -0.4 is 20.1 Å². The van der Waals surface area contributed by atoms with Crippen LogP contribution in [0.25, 0.3) is 33.3 Å². The topological polar surface area (TPSA) is 149 Å². The van der Waals surface area contributed by atoms with E-state index in [1.807, 2.05) is 36.4 Å². The molecule has 0 radical (unpaired) electrons. The summed E-state index contributed by atoms with van der Waals surface area (Å²) in [6.45, 7) is -2.16. The van der Waals surface area contributed by atoms with E-state index in [0.29, 0.717) is 79.5 Å². The average Bonchev–Trinajstić information content (AvgIpc) is 3.94. The molecule has 3 aromatic heterocycles. The Morgan fingerprint density at radius 1 is 0.962 bits per heavy atom. The Kier molecular flexibility index (Phi) is 9.39. The lowest BCUT2D eigenvalue weighted by Gasteiger charge is -2.17. The van der Waals surface area contributed by atoms with Crippen LogP contribution in [0.4, 0.5) is 25.1 Å². The molecule has 7 rings (SSSR count). The van der Waals surface area contributed by atoms with Gasteiger partial charge in [-0.05, 0) is 42.8 Å². The molecular weight excluding hydrogens is 674 g/mol. The summed E-state index contributed by atoms with van der Waals surface area (Å²) in [6, 6.07) is 21.1. The number of nitrogens with one attached hydrogen (secondary N) is 2. The fourth-order valence-electron chi connectivity index (χ4n) is 6.46. The number of carbonyl (C=O) groups is 2. The summed E-state index contributed by atoms with van der Waals surface area (Å²) in [4.78, 5) is 31.1. The van der Waals surface area contributed by atoms with Crippen LogP contribution in [0.3, 0.4) is 0 Å². The van der Waals surface area contributed by atoms with Crippen LogP contribution in [0.1, 0.15) is 34.9 Å². The van der Waals surface area contributed by atoms with Crippen molar-refractivity contribution < 1.29 is 33.0 Å². The zero-order chi connectivity index (χ0) is 36.4. The van der Waals surface area contributed by atoms with E-state index in [1.54, 1.807) is 61.5 Å². The molecule has 3 N–H and O–H groups in total. The monoisotopic (exact) mass is 708 g/mol. The Labute approximate surface area is 296 Å². The Bertz CT molecular complexity index is 2220. The maximum absolute atomic E-state index is 13.7.